The van der Waals surface area contributed by atoms with Crippen LogP contribution in [0.3, 0.4) is 0 Å². The number of nitrogens with zero attached hydrogens (tertiary/aromatic N) is 1. The van der Waals surface area contributed by atoms with E-state index in [0.717, 1.165) is 12.8 Å². The molecule has 7 heteroatoms. The van der Waals surface area contributed by atoms with Gasteiger partial charge in [0.05, 0.1) is 12.1 Å². The molecule has 0 radical (unpaired) electrons. The molecule has 0 unspecified atom stereocenters. The van der Waals surface area contributed by atoms with Crippen LogP contribution in [0.2, 0.25) is 0 Å². The SMILES string of the molecule is CC1CCC(CO)(NS(=O)(=O)c2cccnc2N)CC1. The molecule has 0 amide bonds. The fourth-order valence-corrected chi connectivity index (χ4v) is 4.11. The lowest BCUT2D eigenvalue weighted by Gasteiger charge is -2.38. The Morgan fingerprint density at radius 1 is 1.50 bits per heavy atom. The van der Waals surface area contributed by atoms with Crippen LogP contribution in [-0.2, 0) is 10.0 Å². The molecule has 1 aliphatic carbocycles. The summed E-state index contributed by atoms with van der Waals surface area (Å²) < 4.78 is 27.5. The van der Waals surface area contributed by atoms with Crippen molar-refractivity contribution >= 4 is 15.8 Å². The number of aliphatic hydroxyl groups is 1. The summed E-state index contributed by atoms with van der Waals surface area (Å²) in [5, 5.41) is 9.63. The van der Waals surface area contributed by atoms with Crippen molar-refractivity contribution in [2.24, 2.45) is 5.92 Å². The van der Waals surface area contributed by atoms with Crippen LogP contribution in [-0.4, -0.2) is 30.7 Å². The highest BCUT2D eigenvalue weighted by Crippen LogP contribution is 2.33. The predicted molar refractivity (Wildman–Crippen MR) is 76.4 cm³/mol. The molecule has 0 bridgehead atoms. The third-order valence-corrected chi connectivity index (χ3v) is 5.60. The molecule has 6 nitrogen and oxygen atoms in total. The minimum Gasteiger partial charge on any atom is -0.394 e. The molecule has 1 fully saturated rings. The average Bonchev–Trinajstić information content (AvgIpc) is 2.42. The van der Waals surface area contributed by atoms with Gasteiger partial charge in [-0.3, -0.25) is 0 Å². The monoisotopic (exact) mass is 299 g/mol. The third kappa shape index (κ3) is 3.11. The van der Waals surface area contributed by atoms with E-state index in [1.54, 1.807) is 0 Å². The fraction of sp³-hybridized carbons (Fsp3) is 0.615. The Bertz CT molecular complexity index is 566. The Hall–Kier alpha value is -1.18. The minimum atomic E-state index is -3.78. The maximum Gasteiger partial charge on any atom is 0.244 e. The number of nitrogens with one attached hydrogen (secondary N) is 1. The molecule has 112 valence electrons. The maximum absolute atomic E-state index is 12.4. The summed E-state index contributed by atoms with van der Waals surface area (Å²) in [5.41, 5.74) is 4.84. The number of rotatable bonds is 4. The zero-order valence-corrected chi connectivity index (χ0v) is 12.4. The van der Waals surface area contributed by atoms with E-state index < -0.39 is 15.6 Å². The number of aliphatic hydroxyl groups excluding tert-OH is 1. The molecule has 0 aromatic carbocycles. The molecular weight excluding hydrogens is 278 g/mol. The van der Waals surface area contributed by atoms with Crippen LogP contribution in [0, 0.1) is 5.92 Å². The number of pyridine rings is 1. The molecule has 1 saturated carbocycles. The van der Waals surface area contributed by atoms with Gasteiger partial charge in [0.1, 0.15) is 10.7 Å². The summed E-state index contributed by atoms with van der Waals surface area (Å²) in [6, 6.07) is 2.95. The number of aromatic nitrogens is 1. The van der Waals surface area contributed by atoms with Gasteiger partial charge in [-0.15, -0.1) is 0 Å². The Morgan fingerprint density at radius 2 is 2.15 bits per heavy atom. The van der Waals surface area contributed by atoms with E-state index >= 15 is 0 Å². The van der Waals surface area contributed by atoms with Crippen molar-refractivity contribution in [3.63, 3.8) is 0 Å². The van der Waals surface area contributed by atoms with Crippen molar-refractivity contribution in [2.75, 3.05) is 12.3 Å². The number of hydrogen-bond acceptors (Lipinski definition) is 5. The second-order valence-electron chi connectivity index (χ2n) is 5.61. The molecule has 1 heterocycles. The number of anilines is 1. The third-order valence-electron chi connectivity index (χ3n) is 3.97. The molecule has 0 spiro atoms. The van der Waals surface area contributed by atoms with Gasteiger partial charge in [-0.25, -0.2) is 18.1 Å². The van der Waals surface area contributed by atoms with Crippen LogP contribution in [0.25, 0.3) is 0 Å². The predicted octanol–water partition coefficient (Wildman–Crippen LogP) is 0.883. The zero-order valence-electron chi connectivity index (χ0n) is 11.5. The summed E-state index contributed by atoms with van der Waals surface area (Å²) in [6.45, 7) is 1.92. The van der Waals surface area contributed by atoms with E-state index in [0.29, 0.717) is 18.8 Å². The van der Waals surface area contributed by atoms with E-state index in [-0.39, 0.29) is 17.3 Å². The van der Waals surface area contributed by atoms with Gasteiger partial charge in [0.25, 0.3) is 0 Å². The summed E-state index contributed by atoms with van der Waals surface area (Å²) in [5.74, 6) is 0.528. The first-order valence-electron chi connectivity index (χ1n) is 6.74. The lowest BCUT2D eigenvalue weighted by atomic mass is 9.78. The molecule has 1 aliphatic rings. The molecule has 4 N–H and O–H groups in total. The Labute approximate surface area is 119 Å². The Balaban J connectivity index is 2.25. The van der Waals surface area contributed by atoms with Gasteiger partial charge in [-0.1, -0.05) is 6.92 Å². The lowest BCUT2D eigenvalue weighted by molar-refractivity contribution is 0.125. The normalized spacial score (nSPS) is 27.4. The van der Waals surface area contributed by atoms with Crippen molar-refractivity contribution < 1.29 is 13.5 Å². The smallest absolute Gasteiger partial charge is 0.244 e. The van der Waals surface area contributed by atoms with Gasteiger partial charge in [0.15, 0.2) is 0 Å². The maximum atomic E-state index is 12.4. The zero-order chi connectivity index (χ0) is 14.8. The lowest BCUT2D eigenvalue weighted by Crippen LogP contribution is -2.53. The summed E-state index contributed by atoms with van der Waals surface area (Å²) in [6.07, 6.45) is 4.49. The van der Waals surface area contributed by atoms with Crippen LogP contribution < -0.4 is 10.5 Å². The molecule has 1 aromatic rings. The standard InChI is InChI=1S/C13H21N3O3S/c1-10-4-6-13(9-17,7-5-10)16-20(18,19)11-3-2-8-15-12(11)14/h2-3,8,10,16-17H,4-7,9H2,1H3,(H2,14,15). The molecule has 0 aliphatic heterocycles. The Kier molecular flexibility index (Phi) is 4.31. The van der Waals surface area contributed by atoms with E-state index in [1.807, 2.05) is 0 Å². The largest absolute Gasteiger partial charge is 0.394 e. The van der Waals surface area contributed by atoms with Crippen molar-refractivity contribution in [2.45, 2.75) is 43.0 Å². The number of nitrogen functional groups attached to an aromatic ring is 1. The molecule has 1 aromatic heterocycles. The van der Waals surface area contributed by atoms with Gasteiger partial charge in [0, 0.05) is 6.20 Å². The molecular formula is C13H21N3O3S. The first-order valence-corrected chi connectivity index (χ1v) is 8.22. The van der Waals surface area contributed by atoms with Crippen molar-refractivity contribution in [3.8, 4) is 0 Å². The molecule has 0 atom stereocenters. The first-order chi connectivity index (χ1) is 9.38. The summed E-state index contributed by atoms with van der Waals surface area (Å²) >= 11 is 0. The van der Waals surface area contributed by atoms with Crippen LogP contribution in [0.5, 0.6) is 0 Å². The Morgan fingerprint density at radius 3 is 2.70 bits per heavy atom. The number of hydrogen-bond donors (Lipinski definition) is 3. The molecule has 2 rings (SSSR count). The average molecular weight is 299 g/mol. The molecule has 0 saturated heterocycles. The first kappa shape index (κ1) is 15.2. The summed E-state index contributed by atoms with van der Waals surface area (Å²) in [4.78, 5) is 3.76. The van der Waals surface area contributed by atoms with Crippen LogP contribution >= 0.6 is 0 Å². The van der Waals surface area contributed by atoms with Crippen molar-refractivity contribution in [3.05, 3.63) is 18.3 Å². The van der Waals surface area contributed by atoms with E-state index in [1.165, 1.54) is 18.3 Å². The topological polar surface area (TPSA) is 105 Å². The van der Waals surface area contributed by atoms with Crippen LogP contribution in [0.15, 0.2) is 23.2 Å². The van der Waals surface area contributed by atoms with Gasteiger partial charge in [0.2, 0.25) is 10.0 Å². The quantitative estimate of drug-likeness (QED) is 0.765. The highest BCUT2D eigenvalue weighted by molar-refractivity contribution is 7.89. The van der Waals surface area contributed by atoms with Crippen LogP contribution in [0.1, 0.15) is 32.6 Å². The van der Waals surface area contributed by atoms with Gasteiger partial charge in [-0.2, -0.15) is 0 Å². The van der Waals surface area contributed by atoms with Gasteiger partial charge < -0.3 is 10.8 Å². The van der Waals surface area contributed by atoms with E-state index in [2.05, 4.69) is 16.6 Å². The summed E-state index contributed by atoms with van der Waals surface area (Å²) in [7, 11) is -3.78. The van der Waals surface area contributed by atoms with E-state index in [4.69, 9.17) is 5.73 Å². The van der Waals surface area contributed by atoms with Crippen molar-refractivity contribution in [1.29, 1.82) is 0 Å². The van der Waals surface area contributed by atoms with Crippen molar-refractivity contribution in [1.82, 2.24) is 9.71 Å². The van der Waals surface area contributed by atoms with Gasteiger partial charge >= 0.3 is 0 Å². The number of nitrogens with two attached hydrogens (primary N) is 1. The highest BCUT2D eigenvalue weighted by atomic mass is 32.2. The van der Waals surface area contributed by atoms with E-state index in [9.17, 15) is 13.5 Å². The minimum absolute atomic E-state index is 0.0303. The van der Waals surface area contributed by atoms with Crippen LogP contribution in [0.4, 0.5) is 5.82 Å². The number of sulfonamides is 1. The second-order valence-corrected chi connectivity index (χ2v) is 7.26. The fourth-order valence-electron chi connectivity index (χ4n) is 2.58. The second kappa shape index (κ2) is 5.67. The highest BCUT2D eigenvalue weighted by Gasteiger charge is 2.38. The molecule has 20 heavy (non-hydrogen) atoms. The van der Waals surface area contributed by atoms with Gasteiger partial charge in [-0.05, 0) is 43.7 Å².